The first-order valence-corrected chi connectivity index (χ1v) is 24.6. The average Bonchev–Trinajstić information content (AvgIpc) is 3.32. The van der Waals surface area contributed by atoms with E-state index in [0.717, 1.165) is 71.5 Å². The third-order valence-electron chi connectivity index (χ3n) is 12.3. The lowest BCUT2D eigenvalue weighted by atomic mass is 9.90. The van der Waals surface area contributed by atoms with E-state index in [1.165, 1.54) is 94.7 Å². The predicted octanol–water partition coefficient (Wildman–Crippen LogP) is 12.2. The third kappa shape index (κ3) is 22.3. The SMILES string of the molecule is C.CCNC(c1ccccc1)C(NCCCC1=CCC=CC1)c1ccccc1.CCNC1CCCCC1NCCCC1=CCC=CC1.CCNCCNCCCC1=CCC=CC1. The molecule has 62 heavy (non-hydrogen) atoms. The maximum absolute atomic E-state index is 3.85. The molecule has 4 unspecified atom stereocenters. The molecule has 0 saturated heterocycles. The molecular weight excluding hydrogens is 757 g/mol. The Balaban J connectivity index is 0.000000258. The monoisotopic (exact) mass is 847 g/mol. The number of rotatable bonds is 25. The van der Waals surface area contributed by atoms with Gasteiger partial charge in [0, 0.05) is 25.2 Å². The molecule has 2 aromatic rings. The highest BCUT2D eigenvalue weighted by molar-refractivity contribution is 5.28. The first-order chi connectivity index (χ1) is 30.2. The van der Waals surface area contributed by atoms with Gasteiger partial charge < -0.3 is 31.9 Å². The van der Waals surface area contributed by atoms with Crippen LogP contribution in [0, 0.1) is 0 Å². The minimum Gasteiger partial charge on any atom is -0.316 e. The van der Waals surface area contributed by atoms with Crippen LogP contribution in [0.25, 0.3) is 0 Å². The smallest absolute Gasteiger partial charge is 0.0518 e. The molecule has 6 nitrogen and oxygen atoms in total. The first kappa shape index (κ1) is 53.0. The van der Waals surface area contributed by atoms with Gasteiger partial charge in [0.05, 0.1) is 12.1 Å². The fourth-order valence-corrected chi connectivity index (χ4v) is 8.93. The summed E-state index contributed by atoms with van der Waals surface area (Å²) in [7, 11) is 0. The minimum atomic E-state index is 0. The first-order valence-electron chi connectivity index (χ1n) is 24.6. The van der Waals surface area contributed by atoms with Crippen LogP contribution in [0.3, 0.4) is 0 Å². The van der Waals surface area contributed by atoms with Crippen LogP contribution < -0.4 is 31.9 Å². The van der Waals surface area contributed by atoms with Gasteiger partial charge in [-0.15, -0.1) is 0 Å². The molecule has 0 spiro atoms. The van der Waals surface area contributed by atoms with E-state index in [2.05, 4.69) is 168 Å². The van der Waals surface area contributed by atoms with Crippen LogP contribution >= 0.6 is 0 Å². The van der Waals surface area contributed by atoms with Gasteiger partial charge in [-0.2, -0.15) is 0 Å². The molecule has 0 heterocycles. The summed E-state index contributed by atoms with van der Waals surface area (Å²) in [5, 5.41) is 21.7. The van der Waals surface area contributed by atoms with E-state index in [-0.39, 0.29) is 19.5 Å². The molecule has 1 saturated carbocycles. The summed E-state index contributed by atoms with van der Waals surface area (Å²) >= 11 is 0. The summed E-state index contributed by atoms with van der Waals surface area (Å²) in [5.74, 6) is 0. The highest BCUT2D eigenvalue weighted by Crippen LogP contribution is 2.29. The molecule has 0 aliphatic heterocycles. The Hall–Kier alpha value is -3.36. The molecular formula is C56H90N6. The number of allylic oxidation sites excluding steroid dienone is 12. The quantitative estimate of drug-likeness (QED) is 0.0442. The Kier molecular flexibility index (Phi) is 29.9. The van der Waals surface area contributed by atoms with Gasteiger partial charge >= 0.3 is 0 Å². The van der Waals surface area contributed by atoms with E-state index in [0.29, 0.717) is 12.1 Å². The van der Waals surface area contributed by atoms with Gasteiger partial charge in [0.2, 0.25) is 0 Å². The van der Waals surface area contributed by atoms with E-state index in [9.17, 15) is 0 Å². The normalized spacial score (nSPS) is 19.0. The molecule has 6 heteroatoms. The van der Waals surface area contributed by atoms with E-state index in [1.54, 1.807) is 16.7 Å². The average molecular weight is 847 g/mol. The van der Waals surface area contributed by atoms with Gasteiger partial charge in [-0.1, -0.05) is 173 Å². The predicted molar refractivity (Wildman–Crippen MR) is 273 cm³/mol. The standard InChI is InChI=1S/C25H32N2.C17H30N2.C13H24N2.CH4/c1-2-26-24(22-16-8-4-9-17-22)25(23-18-10-5-11-19-23)27-20-12-15-21-13-6-3-7-14-21;1-2-18-16-12-6-7-13-17(16)19-14-8-11-15-9-4-3-5-10-15;1-2-14-11-12-15-10-6-9-13-7-4-3-5-8-13;/h3-6,8-11,14,16-19,24-27H,2,7,12-13,15,20H2,1H3;3-4,10,16-19H,2,5-9,11-14H2,1H3;3-4,8,14-15H,2,5-7,9-12H2,1H3;1H4. The molecule has 0 bridgehead atoms. The maximum Gasteiger partial charge on any atom is 0.0518 e. The van der Waals surface area contributed by atoms with Crippen LogP contribution in [0.4, 0.5) is 0 Å². The van der Waals surface area contributed by atoms with Crippen molar-refractivity contribution in [1.29, 1.82) is 0 Å². The number of likely N-dealkylation sites (N-methyl/N-ethyl adjacent to an activating group) is 3. The van der Waals surface area contributed by atoms with Gasteiger partial charge in [-0.05, 0) is 140 Å². The van der Waals surface area contributed by atoms with Crippen molar-refractivity contribution in [3.8, 4) is 0 Å². The van der Waals surface area contributed by atoms with Crippen molar-refractivity contribution < 1.29 is 0 Å². The highest BCUT2D eigenvalue weighted by Gasteiger charge is 2.24. The summed E-state index contributed by atoms with van der Waals surface area (Å²) in [6.07, 6.45) is 40.7. The second-order valence-electron chi connectivity index (χ2n) is 17.0. The Labute approximate surface area is 381 Å². The summed E-state index contributed by atoms with van der Waals surface area (Å²) < 4.78 is 0. The second-order valence-corrected chi connectivity index (χ2v) is 17.0. The van der Waals surface area contributed by atoms with Gasteiger partial charge in [-0.25, -0.2) is 0 Å². The number of benzene rings is 2. The van der Waals surface area contributed by atoms with Gasteiger partial charge in [-0.3, -0.25) is 0 Å². The van der Waals surface area contributed by atoms with Crippen molar-refractivity contribution in [2.45, 2.75) is 155 Å². The number of hydrogen-bond donors (Lipinski definition) is 6. The molecule has 0 amide bonds. The molecule has 0 radical (unpaired) electrons. The summed E-state index contributed by atoms with van der Waals surface area (Å²) in [5.41, 5.74) is 7.51. The largest absolute Gasteiger partial charge is 0.316 e. The zero-order valence-electron chi connectivity index (χ0n) is 38.7. The molecule has 4 aliphatic carbocycles. The van der Waals surface area contributed by atoms with Crippen LogP contribution in [0.15, 0.2) is 132 Å². The van der Waals surface area contributed by atoms with Gasteiger partial charge in [0.25, 0.3) is 0 Å². The molecule has 0 aromatic heterocycles. The van der Waals surface area contributed by atoms with Crippen LogP contribution in [-0.2, 0) is 0 Å². The Morgan fingerprint density at radius 2 is 0.935 bits per heavy atom. The Bertz CT molecular complexity index is 1570. The fourth-order valence-electron chi connectivity index (χ4n) is 8.93. The fraction of sp³-hybridized carbons (Fsp3) is 0.571. The zero-order chi connectivity index (χ0) is 42.8. The lowest BCUT2D eigenvalue weighted by Gasteiger charge is -2.33. The summed E-state index contributed by atoms with van der Waals surface area (Å²) in [4.78, 5) is 0. The Morgan fingerprint density at radius 3 is 1.40 bits per heavy atom. The van der Waals surface area contributed by atoms with Crippen molar-refractivity contribution in [2.24, 2.45) is 0 Å². The summed E-state index contributed by atoms with van der Waals surface area (Å²) in [6, 6.07) is 23.6. The van der Waals surface area contributed by atoms with Crippen molar-refractivity contribution in [2.75, 3.05) is 52.4 Å². The number of hydrogen-bond acceptors (Lipinski definition) is 6. The summed E-state index contributed by atoms with van der Waals surface area (Å²) in [6.45, 7) is 15.2. The highest BCUT2D eigenvalue weighted by atomic mass is 15.0. The minimum absolute atomic E-state index is 0. The number of nitrogens with one attached hydrogen (secondary N) is 6. The maximum atomic E-state index is 3.85. The van der Waals surface area contributed by atoms with Crippen molar-refractivity contribution in [1.82, 2.24) is 31.9 Å². The molecule has 6 N–H and O–H groups in total. The van der Waals surface area contributed by atoms with Gasteiger partial charge in [0.1, 0.15) is 0 Å². The van der Waals surface area contributed by atoms with E-state index in [1.807, 2.05) is 0 Å². The molecule has 4 atom stereocenters. The lowest BCUT2D eigenvalue weighted by molar-refractivity contribution is 0.287. The van der Waals surface area contributed by atoms with E-state index in [4.69, 9.17) is 0 Å². The van der Waals surface area contributed by atoms with E-state index >= 15 is 0 Å². The molecule has 344 valence electrons. The van der Waals surface area contributed by atoms with Crippen molar-refractivity contribution in [3.05, 3.63) is 143 Å². The van der Waals surface area contributed by atoms with Crippen LogP contribution in [0.5, 0.6) is 0 Å². The van der Waals surface area contributed by atoms with Crippen LogP contribution in [-0.4, -0.2) is 64.4 Å². The van der Waals surface area contributed by atoms with Crippen LogP contribution in [0.1, 0.15) is 154 Å². The molecule has 6 rings (SSSR count). The molecule has 1 fully saturated rings. The molecule has 2 aromatic carbocycles. The van der Waals surface area contributed by atoms with E-state index < -0.39 is 0 Å². The van der Waals surface area contributed by atoms with Crippen molar-refractivity contribution in [3.63, 3.8) is 0 Å². The lowest BCUT2D eigenvalue weighted by Crippen LogP contribution is -2.49. The zero-order valence-corrected chi connectivity index (χ0v) is 38.7. The van der Waals surface area contributed by atoms with Crippen molar-refractivity contribution >= 4 is 0 Å². The second kappa shape index (κ2) is 35.0. The van der Waals surface area contributed by atoms with Gasteiger partial charge in [0.15, 0.2) is 0 Å². The topological polar surface area (TPSA) is 72.2 Å². The Morgan fingerprint density at radius 1 is 0.468 bits per heavy atom. The van der Waals surface area contributed by atoms with Crippen LogP contribution in [0.2, 0.25) is 0 Å². The third-order valence-corrected chi connectivity index (χ3v) is 12.3. The molecule has 4 aliphatic rings.